The molecule has 0 radical (unpaired) electrons. The van der Waals surface area contributed by atoms with Crippen molar-refractivity contribution in [3.05, 3.63) is 22.4 Å². The average Bonchev–Trinajstić information content (AvgIpc) is 2.49. The Morgan fingerprint density at radius 1 is 1.67 bits per heavy atom. The highest BCUT2D eigenvalue weighted by Crippen LogP contribution is 2.36. The normalized spacial score (nSPS) is 32.3. The summed E-state index contributed by atoms with van der Waals surface area (Å²) in [7, 11) is 0. The molecule has 0 amide bonds. The fourth-order valence-electron chi connectivity index (χ4n) is 2.00. The van der Waals surface area contributed by atoms with Crippen molar-refractivity contribution in [2.24, 2.45) is 0 Å². The molecule has 0 unspecified atom stereocenters. The van der Waals surface area contributed by atoms with Gasteiger partial charge in [0, 0.05) is 6.42 Å². The van der Waals surface area contributed by atoms with Crippen LogP contribution in [0.25, 0.3) is 0 Å². The van der Waals surface area contributed by atoms with Gasteiger partial charge in [-0.25, -0.2) is 9.55 Å². The Balaban J connectivity index is 2.19. The molecule has 3 rings (SSSR count). The summed E-state index contributed by atoms with van der Waals surface area (Å²) < 4.78 is 25.1. The molecule has 1 aromatic rings. The van der Waals surface area contributed by atoms with Gasteiger partial charge in [0.2, 0.25) is 5.82 Å². The van der Waals surface area contributed by atoms with Crippen LogP contribution in [0.4, 0.5) is 4.39 Å². The van der Waals surface area contributed by atoms with Crippen LogP contribution in [-0.4, -0.2) is 21.8 Å². The Bertz CT molecular complexity index is 471. The monoisotopic (exact) mass is 212 g/mol. The van der Waals surface area contributed by atoms with Crippen molar-refractivity contribution < 1.29 is 13.9 Å². The van der Waals surface area contributed by atoms with Gasteiger partial charge >= 0.3 is 6.01 Å². The number of halogens is 1. The zero-order valence-electron chi connectivity index (χ0n) is 8.01. The lowest BCUT2D eigenvalue weighted by molar-refractivity contribution is 0.0101. The smallest absolute Gasteiger partial charge is 0.301 e. The van der Waals surface area contributed by atoms with Gasteiger partial charge < -0.3 is 9.47 Å². The van der Waals surface area contributed by atoms with Crippen molar-refractivity contribution in [2.45, 2.75) is 31.8 Å². The fraction of sp³-hybridized carbons (Fsp3) is 0.556. The van der Waals surface area contributed by atoms with E-state index in [0.29, 0.717) is 6.42 Å². The van der Waals surface area contributed by atoms with Crippen LogP contribution in [0.2, 0.25) is 0 Å². The Morgan fingerprint density at radius 2 is 2.47 bits per heavy atom. The molecule has 80 valence electrons. The second kappa shape index (κ2) is 2.79. The lowest BCUT2D eigenvalue weighted by Crippen LogP contribution is -2.34. The van der Waals surface area contributed by atoms with Crippen molar-refractivity contribution in [3.8, 4) is 6.01 Å². The molecule has 0 aliphatic carbocycles. The summed E-state index contributed by atoms with van der Waals surface area (Å²) in [5, 5.41) is 0. The summed E-state index contributed by atoms with van der Waals surface area (Å²) in [5.74, 6) is -0.885. The van der Waals surface area contributed by atoms with E-state index in [2.05, 4.69) is 4.98 Å². The van der Waals surface area contributed by atoms with Crippen LogP contribution in [0.3, 0.4) is 0 Å². The molecule has 3 atom stereocenters. The molecule has 15 heavy (non-hydrogen) atoms. The highest BCUT2D eigenvalue weighted by atomic mass is 19.1. The number of rotatable bonds is 0. The number of hydrogen-bond acceptors (Lipinski definition) is 4. The maximum absolute atomic E-state index is 13.0. The summed E-state index contributed by atoms with van der Waals surface area (Å²) in [6.07, 6.45) is 0.818. The molecule has 5 nitrogen and oxygen atoms in total. The minimum Gasteiger partial charge on any atom is -0.458 e. The van der Waals surface area contributed by atoms with E-state index in [1.165, 1.54) is 0 Å². The van der Waals surface area contributed by atoms with E-state index >= 15 is 0 Å². The molecule has 0 N–H and O–H groups in total. The van der Waals surface area contributed by atoms with E-state index in [0.717, 1.165) is 10.8 Å². The number of hydrogen-bond donors (Lipinski definition) is 0. The lowest BCUT2D eigenvalue weighted by Gasteiger charge is -2.22. The van der Waals surface area contributed by atoms with Crippen LogP contribution >= 0.6 is 0 Å². The van der Waals surface area contributed by atoms with Crippen molar-refractivity contribution >= 4 is 0 Å². The first-order valence-corrected chi connectivity index (χ1v) is 4.76. The van der Waals surface area contributed by atoms with Gasteiger partial charge in [-0.2, -0.15) is 4.39 Å². The average molecular weight is 212 g/mol. The first-order valence-electron chi connectivity index (χ1n) is 4.76. The highest BCUT2D eigenvalue weighted by Gasteiger charge is 2.42. The minimum atomic E-state index is -0.885. The molecule has 6 heteroatoms. The molecule has 0 aromatic carbocycles. The standard InChI is InChI=1S/C9H9FN2O3/c1-4-6-2-7(14-4)12-8(13)5(10)3-11-9(12)15-6/h3-4,6-7H,2H2,1H3/t4-,6-,7-/m1/s1. The number of ether oxygens (including phenoxy) is 2. The molecular weight excluding hydrogens is 203 g/mol. The molecule has 1 aromatic heterocycles. The molecule has 3 heterocycles. The maximum atomic E-state index is 13.0. The van der Waals surface area contributed by atoms with Gasteiger partial charge in [-0.15, -0.1) is 0 Å². The molecule has 0 saturated carbocycles. The topological polar surface area (TPSA) is 53.4 Å². The van der Waals surface area contributed by atoms with E-state index in [9.17, 15) is 9.18 Å². The first kappa shape index (κ1) is 8.84. The molecule has 2 aliphatic rings. The van der Waals surface area contributed by atoms with E-state index in [1.54, 1.807) is 0 Å². The summed E-state index contributed by atoms with van der Waals surface area (Å²) in [6.45, 7) is 1.86. The Labute approximate surface area is 84.4 Å². The van der Waals surface area contributed by atoms with E-state index in [4.69, 9.17) is 9.47 Å². The van der Waals surface area contributed by atoms with Crippen molar-refractivity contribution in [1.29, 1.82) is 0 Å². The number of aromatic nitrogens is 2. The second-order valence-corrected chi connectivity index (χ2v) is 3.75. The summed E-state index contributed by atoms with van der Waals surface area (Å²) in [5.41, 5.74) is -0.738. The number of nitrogens with zero attached hydrogens (tertiary/aromatic N) is 2. The predicted molar refractivity (Wildman–Crippen MR) is 47.1 cm³/mol. The van der Waals surface area contributed by atoms with Crippen LogP contribution in [0.1, 0.15) is 19.6 Å². The van der Waals surface area contributed by atoms with Gasteiger partial charge in [0.05, 0.1) is 12.3 Å². The van der Waals surface area contributed by atoms with E-state index in [-0.39, 0.29) is 18.2 Å². The van der Waals surface area contributed by atoms with E-state index in [1.807, 2.05) is 6.92 Å². The van der Waals surface area contributed by atoms with Crippen LogP contribution in [-0.2, 0) is 4.74 Å². The summed E-state index contributed by atoms with van der Waals surface area (Å²) in [6, 6.07) is 0.145. The quantitative estimate of drug-likeness (QED) is 0.626. The van der Waals surface area contributed by atoms with Gasteiger partial charge in [0.25, 0.3) is 5.56 Å². The third kappa shape index (κ3) is 1.11. The van der Waals surface area contributed by atoms with Gasteiger partial charge in [0.1, 0.15) is 12.3 Å². The Kier molecular flexibility index (Phi) is 1.64. The minimum absolute atomic E-state index is 0.0904. The van der Waals surface area contributed by atoms with E-state index < -0.39 is 17.6 Å². The SMILES string of the molecule is C[C@H]1O[C@@H]2C[C@H]1Oc1ncc(F)c(=O)n12. The zero-order valence-corrected chi connectivity index (χ0v) is 8.01. The van der Waals surface area contributed by atoms with Gasteiger partial charge in [0.15, 0.2) is 0 Å². The Hall–Kier alpha value is -1.43. The third-order valence-electron chi connectivity index (χ3n) is 2.79. The zero-order chi connectivity index (χ0) is 10.6. The van der Waals surface area contributed by atoms with Crippen molar-refractivity contribution in [2.75, 3.05) is 0 Å². The second-order valence-electron chi connectivity index (χ2n) is 3.75. The first-order chi connectivity index (χ1) is 7.16. The molecule has 2 aliphatic heterocycles. The summed E-state index contributed by atoms with van der Waals surface area (Å²) in [4.78, 5) is 15.2. The third-order valence-corrected chi connectivity index (χ3v) is 2.79. The summed E-state index contributed by atoms with van der Waals surface area (Å²) >= 11 is 0. The molecular formula is C9H9FN2O3. The molecule has 1 fully saturated rings. The van der Waals surface area contributed by atoms with Gasteiger partial charge in [-0.3, -0.25) is 4.79 Å². The molecule has 2 bridgehead atoms. The largest absolute Gasteiger partial charge is 0.458 e. The maximum Gasteiger partial charge on any atom is 0.301 e. The van der Waals surface area contributed by atoms with Crippen LogP contribution in [0, 0.1) is 5.82 Å². The van der Waals surface area contributed by atoms with Crippen LogP contribution in [0.15, 0.2) is 11.0 Å². The molecule has 1 saturated heterocycles. The Morgan fingerprint density at radius 3 is 3.27 bits per heavy atom. The van der Waals surface area contributed by atoms with Crippen LogP contribution < -0.4 is 10.3 Å². The highest BCUT2D eigenvalue weighted by molar-refractivity contribution is 5.07. The van der Waals surface area contributed by atoms with Gasteiger partial charge in [-0.1, -0.05) is 0 Å². The molecule has 0 spiro atoms. The van der Waals surface area contributed by atoms with Gasteiger partial charge in [-0.05, 0) is 6.92 Å². The predicted octanol–water partition coefficient (Wildman–Crippen LogP) is 0.451. The van der Waals surface area contributed by atoms with Crippen LogP contribution in [0.5, 0.6) is 6.01 Å². The number of fused-ring (bicyclic) bond motifs is 4. The van der Waals surface area contributed by atoms with Crippen molar-refractivity contribution in [1.82, 2.24) is 9.55 Å². The fourth-order valence-corrected chi connectivity index (χ4v) is 2.00. The van der Waals surface area contributed by atoms with Crippen molar-refractivity contribution in [3.63, 3.8) is 0 Å². The lowest BCUT2D eigenvalue weighted by atomic mass is 10.2.